The van der Waals surface area contributed by atoms with Gasteiger partial charge in [-0.05, 0) is 34.5 Å². The molecule has 1 aromatic heterocycles. The predicted molar refractivity (Wildman–Crippen MR) is 70.5 cm³/mol. The van der Waals surface area contributed by atoms with Gasteiger partial charge in [-0.3, -0.25) is 9.69 Å². The number of primary sulfonamides is 1. The Balaban J connectivity index is 2.30. The Labute approximate surface area is 113 Å². The minimum atomic E-state index is -3.70. The maximum Gasteiger partial charge on any atom is 0.229 e. The molecular weight excluding hydrogens is 322 g/mol. The first kappa shape index (κ1) is 13.4. The van der Waals surface area contributed by atoms with Crippen molar-refractivity contribution in [1.82, 2.24) is 4.98 Å². The van der Waals surface area contributed by atoms with Crippen LogP contribution in [0.15, 0.2) is 16.7 Å². The van der Waals surface area contributed by atoms with E-state index in [0.717, 1.165) is 5.56 Å². The van der Waals surface area contributed by atoms with Crippen molar-refractivity contribution in [3.8, 4) is 0 Å². The highest BCUT2D eigenvalue weighted by molar-refractivity contribution is 9.10. The number of carbonyl (C=O) groups is 1. The van der Waals surface area contributed by atoms with Gasteiger partial charge >= 0.3 is 0 Å². The zero-order chi connectivity index (χ0) is 13.5. The molecule has 0 aliphatic carbocycles. The molecule has 1 saturated heterocycles. The normalized spacial score (nSPS) is 20.5. The Morgan fingerprint density at radius 1 is 1.50 bits per heavy atom. The molecule has 1 unspecified atom stereocenters. The van der Waals surface area contributed by atoms with Crippen molar-refractivity contribution >= 4 is 37.7 Å². The van der Waals surface area contributed by atoms with E-state index in [1.807, 2.05) is 13.0 Å². The molecule has 1 amide bonds. The second kappa shape index (κ2) is 4.60. The van der Waals surface area contributed by atoms with E-state index in [2.05, 4.69) is 20.9 Å². The monoisotopic (exact) mass is 333 g/mol. The Bertz CT molecular complexity index is 602. The van der Waals surface area contributed by atoms with Gasteiger partial charge in [-0.1, -0.05) is 6.07 Å². The van der Waals surface area contributed by atoms with Gasteiger partial charge in [-0.2, -0.15) is 0 Å². The van der Waals surface area contributed by atoms with E-state index >= 15 is 0 Å². The second-order valence-corrected chi connectivity index (χ2v) is 6.79. The third-order valence-electron chi connectivity index (χ3n) is 2.85. The Morgan fingerprint density at radius 2 is 2.17 bits per heavy atom. The second-order valence-electron chi connectivity index (χ2n) is 4.20. The van der Waals surface area contributed by atoms with E-state index < -0.39 is 15.3 Å². The van der Waals surface area contributed by atoms with Crippen molar-refractivity contribution in [3.63, 3.8) is 0 Å². The summed E-state index contributed by atoms with van der Waals surface area (Å²) < 4.78 is 23.1. The van der Waals surface area contributed by atoms with Gasteiger partial charge in [0.25, 0.3) is 0 Å². The quantitative estimate of drug-likeness (QED) is 0.799. The van der Waals surface area contributed by atoms with Crippen molar-refractivity contribution in [3.05, 3.63) is 22.3 Å². The van der Waals surface area contributed by atoms with Crippen LogP contribution in [0.25, 0.3) is 0 Å². The van der Waals surface area contributed by atoms with Gasteiger partial charge in [-0.25, -0.2) is 18.5 Å². The molecule has 0 bridgehead atoms. The number of rotatable bonds is 2. The molecule has 0 aromatic carbocycles. The first-order chi connectivity index (χ1) is 8.29. The molecule has 1 aliphatic heterocycles. The molecule has 1 atom stereocenters. The number of hydrogen-bond acceptors (Lipinski definition) is 4. The van der Waals surface area contributed by atoms with Gasteiger partial charge in [0.15, 0.2) is 0 Å². The summed E-state index contributed by atoms with van der Waals surface area (Å²) in [6, 6.07) is 3.49. The number of aromatic nitrogens is 1. The van der Waals surface area contributed by atoms with Gasteiger partial charge in [-0.15, -0.1) is 0 Å². The Kier molecular flexibility index (Phi) is 3.43. The summed E-state index contributed by atoms with van der Waals surface area (Å²) in [4.78, 5) is 17.3. The standard InChI is InChI=1S/C10H12BrN3O3S/c1-6-2-3-8(13-10(6)11)14-5-7(4-9(14)15)18(12,16)17/h2-3,7H,4-5H2,1H3,(H2,12,16,17). The number of nitrogens with zero attached hydrogens (tertiary/aromatic N) is 2. The molecule has 1 fully saturated rings. The van der Waals surface area contributed by atoms with Gasteiger partial charge in [0.2, 0.25) is 15.9 Å². The summed E-state index contributed by atoms with van der Waals surface area (Å²) in [5.74, 6) is 0.154. The fourth-order valence-electron chi connectivity index (χ4n) is 1.76. The molecule has 1 aliphatic rings. The lowest BCUT2D eigenvalue weighted by molar-refractivity contribution is -0.117. The number of carbonyl (C=O) groups excluding carboxylic acids is 1. The molecule has 2 N–H and O–H groups in total. The van der Waals surface area contributed by atoms with Gasteiger partial charge in [0.05, 0.1) is 0 Å². The minimum Gasteiger partial charge on any atom is -0.295 e. The maximum absolute atomic E-state index is 11.8. The fourth-order valence-corrected chi connectivity index (χ4v) is 2.81. The Hall–Kier alpha value is -0.990. The molecule has 6 nitrogen and oxygen atoms in total. The Morgan fingerprint density at radius 3 is 2.67 bits per heavy atom. The number of sulfonamides is 1. The van der Waals surface area contributed by atoms with E-state index in [4.69, 9.17) is 5.14 Å². The van der Waals surface area contributed by atoms with Crippen LogP contribution in [-0.2, 0) is 14.8 Å². The summed E-state index contributed by atoms with van der Waals surface area (Å²) in [5, 5.41) is 4.21. The number of pyridine rings is 1. The van der Waals surface area contributed by atoms with E-state index in [0.29, 0.717) is 10.4 Å². The van der Waals surface area contributed by atoms with Gasteiger partial charge in [0, 0.05) is 13.0 Å². The number of aryl methyl sites for hydroxylation is 1. The molecule has 8 heteroatoms. The van der Waals surface area contributed by atoms with Crippen LogP contribution in [0.1, 0.15) is 12.0 Å². The lowest BCUT2D eigenvalue weighted by Crippen LogP contribution is -2.32. The number of halogens is 1. The van der Waals surface area contributed by atoms with Crippen LogP contribution in [0.5, 0.6) is 0 Å². The van der Waals surface area contributed by atoms with E-state index in [-0.39, 0.29) is 18.9 Å². The highest BCUT2D eigenvalue weighted by atomic mass is 79.9. The van der Waals surface area contributed by atoms with Crippen LogP contribution in [-0.4, -0.2) is 31.1 Å². The highest BCUT2D eigenvalue weighted by Crippen LogP contribution is 2.25. The fraction of sp³-hybridized carbons (Fsp3) is 0.400. The topological polar surface area (TPSA) is 93.4 Å². The van der Waals surface area contributed by atoms with Crippen LogP contribution < -0.4 is 10.0 Å². The van der Waals surface area contributed by atoms with E-state index in [1.165, 1.54) is 4.90 Å². The lowest BCUT2D eigenvalue weighted by atomic mass is 10.3. The molecule has 0 saturated carbocycles. The van der Waals surface area contributed by atoms with Crippen LogP contribution in [0.3, 0.4) is 0 Å². The predicted octanol–water partition coefficient (Wildman–Crippen LogP) is 0.546. The maximum atomic E-state index is 11.8. The van der Waals surface area contributed by atoms with E-state index in [9.17, 15) is 13.2 Å². The molecule has 2 rings (SSSR count). The third kappa shape index (κ3) is 2.55. The van der Waals surface area contributed by atoms with Crippen molar-refractivity contribution in [2.75, 3.05) is 11.4 Å². The molecule has 98 valence electrons. The van der Waals surface area contributed by atoms with Crippen molar-refractivity contribution < 1.29 is 13.2 Å². The minimum absolute atomic E-state index is 0.0557. The van der Waals surface area contributed by atoms with Gasteiger partial charge < -0.3 is 0 Å². The summed E-state index contributed by atoms with van der Waals surface area (Å²) >= 11 is 3.28. The number of hydrogen-bond donors (Lipinski definition) is 1. The van der Waals surface area contributed by atoms with Crippen LogP contribution >= 0.6 is 15.9 Å². The van der Waals surface area contributed by atoms with Crippen LogP contribution in [0.2, 0.25) is 0 Å². The number of anilines is 1. The zero-order valence-corrected chi connectivity index (χ0v) is 12.0. The molecular formula is C10H12BrN3O3S. The summed E-state index contributed by atoms with van der Waals surface area (Å²) in [6.07, 6.45) is -0.0913. The smallest absolute Gasteiger partial charge is 0.229 e. The average molecular weight is 334 g/mol. The number of amides is 1. The largest absolute Gasteiger partial charge is 0.295 e. The molecule has 2 heterocycles. The van der Waals surface area contributed by atoms with Crippen LogP contribution in [0, 0.1) is 6.92 Å². The zero-order valence-electron chi connectivity index (χ0n) is 9.63. The molecule has 18 heavy (non-hydrogen) atoms. The summed E-state index contributed by atoms with van der Waals surface area (Å²) in [6.45, 7) is 1.93. The molecule has 0 spiro atoms. The lowest BCUT2D eigenvalue weighted by Gasteiger charge is -2.15. The van der Waals surface area contributed by atoms with Crippen molar-refractivity contribution in [2.45, 2.75) is 18.6 Å². The van der Waals surface area contributed by atoms with Crippen LogP contribution in [0.4, 0.5) is 5.82 Å². The van der Waals surface area contributed by atoms with E-state index in [1.54, 1.807) is 6.07 Å². The van der Waals surface area contributed by atoms with Crippen molar-refractivity contribution in [1.29, 1.82) is 0 Å². The van der Waals surface area contributed by atoms with Crippen molar-refractivity contribution in [2.24, 2.45) is 5.14 Å². The summed E-state index contributed by atoms with van der Waals surface area (Å²) in [5.41, 5.74) is 0.938. The SMILES string of the molecule is Cc1ccc(N2CC(S(N)(=O)=O)CC2=O)nc1Br. The molecule has 0 radical (unpaired) electrons. The van der Waals surface area contributed by atoms with Gasteiger partial charge in [0.1, 0.15) is 15.7 Å². The number of nitrogens with two attached hydrogens (primary N) is 1. The first-order valence-corrected chi connectivity index (χ1v) is 7.64. The highest BCUT2D eigenvalue weighted by Gasteiger charge is 2.37. The summed E-state index contributed by atoms with van der Waals surface area (Å²) in [7, 11) is -3.70. The first-order valence-electron chi connectivity index (χ1n) is 5.24. The third-order valence-corrected chi connectivity index (χ3v) is 4.90. The average Bonchev–Trinajstić information content (AvgIpc) is 2.64. The molecule has 1 aromatic rings.